The highest BCUT2D eigenvalue weighted by Crippen LogP contribution is 2.24. The first-order valence-corrected chi connectivity index (χ1v) is 7.33. The summed E-state index contributed by atoms with van der Waals surface area (Å²) in [4.78, 5) is 10.0. The van der Waals surface area contributed by atoms with E-state index in [0.717, 1.165) is 16.8 Å². The van der Waals surface area contributed by atoms with E-state index >= 15 is 0 Å². The zero-order chi connectivity index (χ0) is 14.1. The third kappa shape index (κ3) is 2.43. The number of anilines is 1. The molecule has 0 unspecified atom stereocenters. The van der Waals surface area contributed by atoms with E-state index in [-0.39, 0.29) is 0 Å². The Bertz CT molecular complexity index is 731. The van der Waals surface area contributed by atoms with Gasteiger partial charge in [0.2, 0.25) is 0 Å². The van der Waals surface area contributed by atoms with Crippen molar-refractivity contribution in [1.29, 1.82) is 0 Å². The number of fused-ring (bicyclic) bond motifs is 1. The lowest BCUT2D eigenvalue weighted by Crippen LogP contribution is -2.17. The van der Waals surface area contributed by atoms with E-state index in [4.69, 9.17) is 0 Å². The summed E-state index contributed by atoms with van der Waals surface area (Å²) >= 11 is 3.41. The predicted octanol–water partition coefficient (Wildman–Crippen LogP) is 4.27. The van der Waals surface area contributed by atoms with Crippen LogP contribution in [0, 0.1) is 6.92 Å². The summed E-state index contributed by atoms with van der Waals surface area (Å²) < 4.78 is 0.998. The molecule has 0 saturated carbocycles. The number of aromatic nitrogens is 2. The second kappa shape index (κ2) is 5.29. The quantitative estimate of drug-likeness (QED) is 0.778. The number of para-hydroxylation sites is 1. The second-order valence-electron chi connectivity index (χ2n) is 4.96. The number of hydrogen-bond donors (Lipinski definition) is 1. The van der Waals surface area contributed by atoms with Gasteiger partial charge in [-0.25, -0.2) is 4.98 Å². The monoisotopic (exact) mass is 329 g/mol. The molecule has 3 aromatic rings. The minimum absolute atomic E-state index is 0.838. The van der Waals surface area contributed by atoms with E-state index < -0.39 is 0 Å². The minimum Gasteiger partial charge on any atom is -0.358 e. The molecule has 20 heavy (non-hydrogen) atoms. The Hall–Kier alpha value is -1.81. The number of rotatable bonds is 3. The largest absolute Gasteiger partial charge is 0.358 e. The Morgan fingerprint density at radius 2 is 2.00 bits per heavy atom. The number of nitrogens with zero attached hydrogens (tertiary/aromatic N) is 2. The fourth-order valence-corrected chi connectivity index (χ4v) is 2.69. The van der Waals surface area contributed by atoms with Gasteiger partial charge in [-0.05, 0) is 46.6 Å². The molecular formula is C16H16BrN3. The van der Waals surface area contributed by atoms with Gasteiger partial charge >= 0.3 is 0 Å². The molecule has 0 aliphatic heterocycles. The third-order valence-electron chi connectivity index (χ3n) is 3.53. The summed E-state index contributed by atoms with van der Waals surface area (Å²) in [5.74, 6) is 0.970. The van der Waals surface area contributed by atoms with Gasteiger partial charge in [-0.3, -0.25) is 0 Å². The van der Waals surface area contributed by atoms with Crippen molar-refractivity contribution >= 4 is 32.7 Å². The van der Waals surface area contributed by atoms with E-state index in [9.17, 15) is 0 Å². The fourth-order valence-electron chi connectivity index (χ4n) is 2.45. The number of halogens is 1. The van der Waals surface area contributed by atoms with Gasteiger partial charge in [0.05, 0.1) is 0 Å². The topological polar surface area (TPSA) is 31.9 Å². The highest BCUT2D eigenvalue weighted by atomic mass is 79.9. The summed E-state index contributed by atoms with van der Waals surface area (Å²) in [6.45, 7) is 2.96. The first kappa shape index (κ1) is 13.2. The van der Waals surface area contributed by atoms with E-state index in [2.05, 4.69) is 69.0 Å². The lowest BCUT2D eigenvalue weighted by Gasteiger charge is -2.18. The molecule has 0 amide bonds. The Morgan fingerprint density at radius 1 is 1.20 bits per heavy atom. The average Bonchev–Trinajstić information content (AvgIpc) is 2.76. The molecule has 0 radical (unpaired) electrons. The molecule has 0 aliphatic carbocycles. The molecule has 0 aliphatic rings. The van der Waals surface area contributed by atoms with Gasteiger partial charge in [0.1, 0.15) is 5.82 Å². The number of nitrogens with one attached hydrogen (secondary N) is 1. The predicted molar refractivity (Wildman–Crippen MR) is 87.1 cm³/mol. The molecule has 4 heteroatoms. The van der Waals surface area contributed by atoms with Gasteiger partial charge in [0.15, 0.2) is 0 Å². The Balaban J connectivity index is 1.92. The van der Waals surface area contributed by atoms with Gasteiger partial charge in [0, 0.05) is 40.9 Å². The molecule has 3 nitrogen and oxygen atoms in total. The van der Waals surface area contributed by atoms with Crippen LogP contribution in [-0.4, -0.2) is 17.0 Å². The number of aryl methyl sites for hydroxylation is 1. The van der Waals surface area contributed by atoms with Crippen molar-refractivity contribution in [3.63, 3.8) is 0 Å². The summed E-state index contributed by atoms with van der Waals surface area (Å²) in [6, 6.07) is 12.5. The number of aromatic amines is 1. The van der Waals surface area contributed by atoms with Gasteiger partial charge < -0.3 is 9.88 Å². The van der Waals surface area contributed by atoms with Gasteiger partial charge in [0.25, 0.3) is 0 Å². The lowest BCUT2D eigenvalue weighted by molar-refractivity contribution is 0.894. The summed E-state index contributed by atoms with van der Waals surface area (Å²) in [7, 11) is 2.07. The van der Waals surface area contributed by atoms with Crippen LogP contribution >= 0.6 is 15.9 Å². The fraction of sp³-hybridized carbons (Fsp3) is 0.188. The van der Waals surface area contributed by atoms with Crippen molar-refractivity contribution < 1.29 is 0 Å². The standard InChI is InChI=1S/C16H16BrN3/c1-11-14(13-5-3-4-6-15(13)19-11)10-20(2)16-8-7-12(17)9-18-16/h3-9,19H,10H2,1-2H3. The molecule has 0 bridgehead atoms. The van der Waals surface area contributed by atoms with E-state index in [1.54, 1.807) is 0 Å². The maximum absolute atomic E-state index is 4.44. The first-order chi connectivity index (χ1) is 9.65. The highest BCUT2D eigenvalue weighted by Gasteiger charge is 2.11. The molecule has 1 aromatic carbocycles. The molecule has 3 rings (SSSR count). The van der Waals surface area contributed by atoms with Gasteiger partial charge in [-0.1, -0.05) is 18.2 Å². The Morgan fingerprint density at radius 3 is 2.75 bits per heavy atom. The smallest absolute Gasteiger partial charge is 0.128 e. The molecule has 0 spiro atoms. The zero-order valence-corrected chi connectivity index (χ0v) is 13.1. The van der Waals surface area contributed by atoms with Crippen molar-refractivity contribution in [3.8, 4) is 0 Å². The average molecular weight is 330 g/mol. The summed E-state index contributed by atoms with van der Waals surface area (Å²) in [6.07, 6.45) is 1.83. The molecular weight excluding hydrogens is 314 g/mol. The van der Waals surface area contributed by atoms with E-state index in [1.165, 1.54) is 22.2 Å². The van der Waals surface area contributed by atoms with Crippen molar-refractivity contribution in [3.05, 3.63) is 58.3 Å². The van der Waals surface area contributed by atoms with Crippen molar-refractivity contribution in [2.45, 2.75) is 13.5 Å². The molecule has 0 atom stereocenters. The Labute approximate surface area is 126 Å². The molecule has 102 valence electrons. The normalized spacial score (nSPS) is 10.9. The van der Waals surface area contributed by atoms with Crippen LogP contribution < -0.4 is 4.90 Å². The number of hydrogen-bond acceptors (Lipinski definition) is 2. The number of H-pyrrole nitrogens is 1. The second-order valence-corrected chi connectivity index (χ2v) is 5.88. The van der Waals surface area contributed by atoms with E-state index in [0.29, 0.717) is 0 Å². The SMILES string of the molecule is Cc1[nH]c2ccccc2c1CN(C)c1ccc(Br)cn1. The number of pyridine rings is 1. The minimum atomic E-state index is 0.838. The molecule has 2 aromatic heterocycles. The molecule has 1 N–H and O–H groups in total. The number of benzene rings is 1. The van der Waals surface area contributed by atoms with Gasteiger partial charge in [-0.15, -0.1) is 0 Å². The van der Waals surface area contributed by atoms with Crippen molar-refractivity contribution in [2.24, 2.45) is 0 Å². The van der Waals surface area contributed by atoms with Crippen LogP contribution in [-0.2, 0) is 6.54 Å². The van der Waals surface area contributed by atoms with E-state index in [1.807, 2.05) is 18.3 Å². The van der Waals surface area contributed by atoms with Crippen LogP contribution in [0.1, 0.15) is 11.3 Å². The van der Waals surface area contributed by atoms with Crippen LogP contribution in [0.4, 0.5) is 5.82 Å². The van der Waals surface area contributed by atoms with Crippen molar-refractivity contribution in [2.75, 3.05) is 11.9 Å². The zero-order valence-electron chi connectivity index (χ0n) is 11.5. The van der Waals surface area contributed by atoms with Crippen LogP contribution in [0.2, 0.25) is 0 Å². The highest BCUT2D eigenvalue weighted by molar-refractivity contribution is 9.10. The van der Waals surface area contributed by atoms with Crippen LogP contribution in [0.3, 0.4) is 0 Å². The maximum atomic E-state index is 4.44. The molecule has 0 fully saturated rings. The molecule has 2 heterocycles. The maximum Gasteiger partial charge on any atom is 0.128 e. The van der Waals surface area contributed by atoms with Crippen molar-refractivity contribution in [1.82, 2.24) is 9.97 Å². The van der Waals surface area contributed by atoms with Crippen LogP contribution in [0.25, 0.3) is 10.9 Å². The third-order valence-corrected chi connectivity index (χ3v) is 3.99. The van der Waals surface area contributed by atoms with Crippen LogP contribution in [0.15, 0.2) is 47.1 Å². The molecule has 0 saturated heterocycles. The first-order valence-electron chi connectivity index (χ1n) is 6.54. The summed E-state index contributed by atoms with van der Waals surface area (Å²) in [5.41, 5.74) is 3.74. The van der Waals surface area contributed by atoms with Gasteiger partial charge in [-0.2, -0.15) is 0 Å². The lowest BCUT2D eigenvalue weighted by atomic mass is 10.1. The summed E-state index contributed by atoms with van der Waals surface area (Å²) in [5, 5.41) is 1.29. The van der Waals surface area contributed by atoms with Crippen LogP contribution in [0.5, 0.6) is 0 Å². The Kier molecular flexibility index (Phi) is 3.49.